The topological polar surface area (TPSA) is 154 Å². The van der Waals surface area contributed by atoms with Crippen molar-refractivity contribution in [1.82, 2.24) is 9.97 Å². The number of aromatic hydroxyl groups is 1. The van der Waals surface area contributed by atoms with Gasteiger partial charge in [0.05, 0.1) is 11.4 Å². The number of pyridine rings is 2. The Morgan fingerprint density at radius 3 is 2.42 bits per heavy atom. The molecular formula is C23H23AsClFN4O6. The fourth-order valence-corrected chi connectivity index (χ4v) is 4.73. The maximum absolute atomic E-state index is 13.9. The summed E-state index contributed by atoms with van der Waals surface area (Å²) in [6.45, 7) is 2.92. The summed E-state index contributed by atoms with van der Waals surface area (Å²) in [5.41, 5.74) is 2.13. The summed E-state index contributed by atoms with van der Waals surface area (Å²) in [7, 11) is 0. The van der Waals surface area contributed by atoms with Crippen LogP contribution in [-0.2, 0) is 12.4 Å². The average molecular weight is 581 g/mol. The van der Waals surface area contributed by atoms with Crippen LogP contribution in [0.2, 0.25) is 0 Å². The number of aryl methyl sites for hydroxylation is 1. The Hall–Kier alpha value is -3.47. The minimum Gasteiger partial charge on any atom is -0.508 e. The van der Waals surface area contributed by atoms with E-state index in [2.05, 4.69) is 24.5 Å². The molecule has 4 rings (SSSR count). The second-order valence-corrected chi connectivity index (χ2v) is 10.8. The van der Waals surface area contributed by atoms with Gasteiger partial charge >= 0.3 is 88.4 Å². The first-order valence-electron chi connectivity index (χ1n) is 10.1. The SMILES string of the molecule is CC(=O)Nc1ccccc1[As](=O)(O)OO.Cc1cc(F)c(Nc2ccnc3ncccc23)cc1O.Cl. The smallest absolute Gasteiger partial charge is 0.161 e. The van der Waals surface area contributed by atoms with Gasteiger partial charge in [0.25, 0.3) is 0 Å². The number of benzene rings is 2. The standard InChI is InChI=1S/C15H12FN3O.C8H10AsNO5.ClH/c1-9-7-11(16)13(8-14(9)20)19-12-4-6-18-15-10(12)3-2-5-17-15;1-6(11)10-8-5-3-2-4-7(8)9(12,13)15-14;/h2-8,20H,1H3,(H,17,18,19);2-5,14H,1H3,(H,10,11)(H,12,13);1H. The van der Waals surface area contributed by atoms with Crippen LogP contribution in [0.3, 0.4) is 0 Å². The Bertz CT molecular complexity index is 1420. The molecule has 13 heteroatoms. The molecule has 4 aromatic rings. The van der Waals surface area contributed by atoms with Crippen molar-refractivity contribution in [2.75, 3.05) is 10.6 Å². The van der Waals surface area contributed by atoms with E-state index < -0.39 is 20.0 Å². The molecule has 0 radical (unpaired) electrons. The van der Waals surface area contributed by atoms with Crippen LogP contribution in [0, 0.1) is 12.7 Å². The second kappa shape index (κ2) is 12.5. The van der Waals surface area contributed by atoms with Gasteiger partial charge in [0.1, 0.15) is 11.6 Å². The van der Waals surface area contributed by atoms with Gasteiger partial charge in [0.15, 0.2) is 5.65 Å². The first-order chi connectivity index (χ1) is 16.6. The van der Waals surface area contributed by atoms with Crippen molar-refractivity contribution >= 4 is 64.9 Å². The number of phenolic OH excluding ortho intramolecular Hbond substituents is 1. The van der Waals surface area contributed by atoms with Gasteiger partial charge in [-0.15, -0.1) is 12.4 Å². The maximum atomic E-state index is 13.9. The number of nitrogens with one attached hydrogen (secondary N) is 2. The number of halogens is 2. The maximum Gasteiger partial charge on any atom is 0.161 e. The Morgan fingerprint density at radius 2 is 1.72 bits per heavy atom. The van der Waals surface area contributed by atoms with E-state index in [0.717, 1.165) is 5.39 Å². The van der Waals surface area contributed by atoms with Crippen LogP contribution in [-0.4, -0.2) is 44.5 Å². The summed E-state index contributed by atoms with van der Waals surface area (Å²) in [6.07, 6.45) is 3.25. The summed E-state index contributed by atoms with van der Waals surface area (Å²) >= 11 is -4.92. The number of hydrogen-bond donors (Lipinski definition) is 5. The molecule has 0 spiro atoms. The largest absolute Gasteiger partial charge is 0.508 e. The zero-order valence-corrected chi connectivity index (χ0v) is 21.7. The molecule has 2 aromatic heterocycles. The fraction of sp³-hybridized carbons (Fsp3) is 0.0870. The molecule has 1 unspecified atom stereocenters. The first-order valence-corrected chi connectivity index (χ1v) is 13.4. The van der Waals surface area contributed by atoms with E-state index in [1.165, 1.54) is 37.3 Å². The minimum absolute atomic E-state index is 0. The van der Waals surface area contributed by atoms with Gasteiger partial charge in [-0.1, -0.05) is 0 Å². The minimum atomic E-state index is -4.92. The van der Waals surface area contributed by atoms with Crippen molar-refractivity contribution < 1.29 is 31.3 Å². The molecule has 0 saturated heterocycles. The van der Waals surface area contributed by atoms with Gasteiger partial charge in [0, 0.05) is 23.8 Å². The number of carbonyl (C=O) groups excluding carboxylic acids is 1. The van der Waals surface area contributed by atoms with Crippen LogP contribution >= 0.6 is 12.4 Å². The van der Waals surface area contributed by atoms with Gasteiger partial charge < -0.3 is 10.4 Å². The van der Waals surface area contributed by atoms with Crippen molar-refractivity contribution in [3.8, 4) is 5.75 Å². The Morgan fingerprint density at radius 1 is 1.03 bits per heavy atom. The summed E-state index contributed by atoms with van der Waals surface area (Å²) in [6, 6.07) is 13.9. The zero-order valence-electron chi connectivity index (χ0n) is 19.0. The molecule has 0 aliphatic carbocycles. The number of nitrogens with zero attached hydrogens (tertiary/aromatic N) is 2. The van der Waals surface area contributed by atoms with Crippen LogP contribution in [0.5, 0.6) is 5.75 Å². The predicted octanol–water partition coefficient (Wildman–Crippen LogP) is 3.65. The molecule has 0 fully saturated rings. The predicted molar refractivity (Wildman–Crippen MR) is 136 cm³/mol. The fourth-order valence-electron chi connectivity index (χ4n) is 3.05. The Labute approximate surface area is 214 Å². The molecule has 0 aliphatic heterocycles. The van der Waals surface area contributed by atoms with E-state index in [-0.39, 0.29) is 39.8 Å². The number of hydrogen-bond acceptors (Lipinski definition) is 8. The summed E-state index contributed by atoms with van der Waals surface area (Å²) in [4.78, 5) is 19.1. The molecule has 36 heavy (non-hydrogen) atoms. The number of rotatable bonds is 5. The third kappa shape index (κ3) is 7.03. The quantitative estimate of drug-likeness (QED) is 0.135. The molecule has 2 heterocycles. The number of amides is 1. The van der Waals surface area contributed by atoms with Crippen molar-refractivity contribution in [2.45, 2.75) is 13.8 Å². The Balaban J connectivity index is 0.000000258. The van der Waals surface area contributed by atoms with Crippen LogP contribution < -0.4 is 15.0 Å². The molecule has 0 aliphatic rings. The van der Waals surface area contributed by atoms with Crippen LogP contribution in [0.1, 0.15) is 12.5 Å². The van der Waals surface area contributed by atoms with Crippen LogP contribution in [0.15, 0.2) is 67.0 Å². The van der Waals surface area contributed by atoms with E-state index in [9.17, 15) is 22.1 Å². The number of fused-ring (bicyclic) bond motifs is 1. The number of phenols is 1. The molecule has 1 amide bonds. The van der Waals surface area contributed by atoms with E-state index in [4.69, 9.17) is 5.26 Å². The van der Waals surface area contributed by atoms with E-state index in [1.807, 2.05) is 6.07 Å². The monoisotopic (exact) mass is 580 g/mol. The summed E-state index contributed by atoms with van der Waals surface area (Å²) < 4.78 is 38.0. The Kier molecular flexibility index (Phi) is 9.97. The third-order valence-corrected chi connectivity index (χ3v) is 7.26. The van der Waals surface area contributed by atoms with E-state index in [1.54, 1.807) is 37.5 Å². The van der Waals surface area contributed by atoms with Crippen molar-refractivity contribution in [2.24, 2.45) is 0 Å². The van der Waals surface area contributed by atoms with E-state index >= 15 is 0 Å². The van der Waals surface area contributed by atoms with Crippen molar-refractivity contribution in [3.63, 3.8) is 0 Å². The molecule has 5 N–H and O–H groups in total. The number of para-hydroxylation sites is 1. The van der Waals surface area contributed by atoms with Crippen molar-refractivity contribution in [3.05, 3.63) is 78.4 Å². The van der Waals surface area contributed by atoms with Crippen LogP contribution in [0.25, 0.3) is 11.0 Å². The number of anilines is 3. The molecule has 10 nitrogen and oxygen atoms in total. The molecular weight excluding hydrogens is 558 g/mol. The van der Waals surface area contributed by atoms with Crippen LogP contribution in [0.4, 0.5) is 21.5 Å². The van der Waals surface area contributed by atoms with E-state index in [0.29, 0.717) is 16.9 Å². The summed E-state index contributed by atoms with van der Waals surface area (Å²) in [5, 5.41) is 24.1. The molecule has 1 atom stereocenters. The van der Waals surface area contributed by atoms with Gasteiger partial charge in [0.2, 0.25) is 0 Å². The zero-order chi connectivity index (χ0) is 25.6. The first kappa shape index (κ1) is 28.8. The molecule has 190 valence electrons. The molecule has 0 bridgehead atoms. The second-order valence-electron chi connectivity index (χ2n) is 7.28. The number of aromatic nitrogens is 2. The third-order valence-electron chi connectivity index (χ3n) is 4.70. The van der Waals surface area contributed by atoms with Gasteiger partial charge in [-0.25, -0.2) is 14.4 Å². The van der Waals surface area contributed by atoms with Gasteiger partial charge in [-0.05, 0) is 36.8 Å². The molecule has 0 saturated carbocycles. The molecule has 2 aromatic carbocycles. The van der Waals surface area contributed by atoms with Gasteiger partial charge in [-0.3, -0.25) is 0 Å². The van der Waals surface area contributed by atoms with Gasteiger partial charge in [-0.2, -0.15) is 0 Å². The summed E-state index contributed by atoms with van der Waals surface area (Å²) in [5.74, 6) is -0.754. The normalized spacial score (nSPS) is 11.9. The number of carbonyl (C=O) groups is 1. The average Bonchev–Trinajstić information content (AvgIpc) is 2.83. The van der Waals surface area contributed by atoms with Crippen molar-refractivity contribution in [1.29, 1.82) is 0 Å².